The zero-order chi connectivity index (χ0) is 23.5. The Morgan fingerprint density at radius 1 is 0.909 bits per heavy atom. The standard InChI is InChI=1S/C25H25N3O5/c1-3-32-21-12-10-20(11-13-21)27-24(29)25(30)28-26-16-19-9-14-22(23(15-19)31-2)33-17-18-7-5-4-6-8-18/h4-16H,3,17H2,1-2H3,(H,27,29)(H,28,30)/b26-16+. The Balaban J connectivity index is 1.53. The van der Waals surface area contributed by atoms with Crippen molar-refractivity contribution < 1.29 is 23.8 Å². The van der Waals surface area contributed by atoms with Crippen LogP contribution in [0.1, 0.15) is 18.1 Å². The molecule has 8 heteroatoms. The van der Waals surface area contributed by atoms with E-state index in [9.17, 15) is 9.59 Å². The topological polar surface area (TPSA) is 98.2 Å². The maximum Gasteiger partial charge on any atom is 0.329 e. The molecule has 2 amide bonds. The van der Waals surface area contributed by atoms with Crippen molar-refractivity contribution in [2.45, 2.75) is 13.5 Å². The van der Waals surface area contributed by atoms with Crippen molar-refractivity contribution in [1.29, 1.82) is 0 Å². The molecule has 0 aliphatic heterocycles. The third-order valence-electron chi connectivity index (χ3n) is 4.43. The van der Waals surface area contributed by atoms with Crippen LogP contribution in [-0.4, -0.2) is 31.7 Å². The first-order chi connectivity index (χ1) is 16.1. The third-order valence-corrected chi connectivity index (χ3v) is 4.43. The van der Waals surface area contributed by atoms with Crippen LogP contribution in [-0.2, 0) is 16.2 Å². The summed E-state index contributed by atoms with van der Waals surface area (Å²) in [5, 5.41) is 6.34. The molecule has 3 aromatic carbocycles. The highest BCUT2D eigenvalue weighted by atomic mass is 16.5. The summed E-state index contributed by atoms with van der Waals surface area (Å²) in [5.74, 6) is 0.0525. The van der Waals surface area contributed by atoms with Crippen molar-refractivity contribution in [3.05, 3.63) is 83.9 Å². The van der Waals surface area contributed by atoms with Gasteiger partial charge >= 0.3 is 11.8 Å². The molecule has 0 aliphatic rings. The molecular formula is C25H25N3O5. The van der Waals surface area contributed by atoms with E-state index in [0.29, 0.717) is 41.7 Å². The predicted octanol–water partition coefficient (Wildman–Crippen LogP) is 3.76. The lowest BCUT2D eigenvalue weighted by Gasteiger charge is -2.11. The van der Waals surface area contributed by atoms with E-state index in [1.807, 2.05) is 37.3 Å². The molecule has 0 saturated carbocycles. The number of amides is 2. The quantitative estimate of drug-likeness (QED) is 0.296. The van der Waals surface area contributed by atoms with Crippen molar-refractivity contribution >= 4 is 23.7 Å². The van der Waals surface area contributed by atoms with Crippen LogP contribution in [0.2, 0.25) is 0 Å². The lowest BCUT2D eigenvalue weighted by molar-refractivity contribution is -0.136. The number of rotatable bonds is 9. The molecule has 0 bridgehead atoms. The molecule has 33 heavy (non-hydrogen) atoms. The van der Waals surface area contributed by atoms with Gasteiger partial charge < -0.3 is 19.5 Å². The first-order valence-electron chi connectivity index (χ1n) is 10.3. The van der Waals surface area contributed by atoms with Crippen LogP contribution in [0.25, 0.3) is 0 Å². The molecule has 2 N–H and O–H groups in total. The second-order valence-corrected chi connectivity index (χ2v) is 6.80. The summed E-state index contributed by atoms with van der Waals surface area (Å²) in [4.78, 5) is 24.0. The summed E-state index contributed by atoms with van der Waals surface area (Å²) in [5.41, 5.74) is 4.37. The lowest BCUT2D eigenvalue weighted by Crippen LogP contribution is -2.32. The largest absolute Gasteiger partial charge is 0.494 e. The number of carbonyl (C=O) groups is 2. The number of nitrogens with one attached hydrogen (secondary N) is 2. The van der Waals surface area contributed by atoms with E-state index >= 15 is 0 Å². The van der Waals surface area contributed by atoms with Gasteiger partial charge in [-0.25, -0.2) is 5.43 Å². The van der Waals surface area contributed by atoms with Gasteiger partial charge in [0, 0.05) is 5.69 Å². The Bertz CT molecular complexity index is 1100. The number of methoxy groups -OCH3 is 1. The van der Waals surface area contributed by atoms with E-state index in [1.165, 1.54) is 6.21 Å². The molecular weight excluding hydrogens is 422 g/mol. The maximum absolute atomic E-state index is 12.0. The molecule has 0 radical (unpaired) electrons. The van der Waals surface area contributed by atoms with Crippen LogP contribution < -0.4 is 25.0 Å². The van der Waals surface area contributed by atoms with Crippen molar-refractivity contribution in [1.82, 2.24) is 5.43 Å². The predicted molar refractivity (Wildman–Crippen MR) is 126 cm³/mol. The van der Waals surface area contributed by atoms with Gasteiger partial charge in [0.15, 0.2) is 11.5 Å². The van der Waals surface area contributed by atoms with E-state index in [4.69, 9.17) is 14.2 Å². The molecule has 0 aliphatic carbocycles. The average molecular weight is 447 g/mol. The second kappa shape index (κ2) is 11.9. The number of benzene rings is 3. The Morgan fingerprint density at radius 3 is 2.36 bits per heavy atom. The molecule has 0 unspecified atom stereocenters. The van der Waals surface area contributed by atoms with Gasteiger partial charge in [0.25, 0.3) is 0 Å². The van der Waals surface area contributed by atoms with Crippen LogP contribution in [0.5, 0.6) is 17.2 Å². The molecule has 0 spiro atoms. The molecule has 0 saturated heterocycles. The van der Waals surface area contributed by atoms with Gasteiger partial charge in [-0.2, -0.15) is 5.10 Å². The Hall–Kier alpha value is -4.33. The Morgan fingerprint density at radius 2 is 1.67 bits per heavy atom. The number of nitrogens with zero attached hydrogens (tertiary/aromatic N) is 1. The van der Waals surface area contributed by atoms with Gasteiger partial charge in [-0.05, 0) is 60.5 Å². The number of carbonyl (C=O) groups excluding carboxylic acids is 2. The molecule has 8 nitrogen and oxygen atoms in total. The first-order valence-corrected chi connectivity index (χ1v) is 10.3. The highest BCUT2D eigenvalue weighted by Crippen LogP contribution is 2.28. The van der Waals surface area contributed by atoms with Crippen molar-refractivity contribution in [3.8, 4) is 17.2 Å². The summed E-state index contributed by atoms with van der Waals surface area (Å²) in [6.45, 7) is 2.83. The lowest BCUT2D eigenvalue weighted by atomic mass is 10.2. The molecule has 3 aromatic rings. The minimum atomic E-state index is -0.894. The molecule has 3 rings (SSSR count). The summed E-state index contributed by atoms with van der Waals surface area (Å²) in [7, 11) is 1.54. The fraction of sp³-hybridized carbons (Fsp3) is 0.160. The number of ether oxygens (including phenoxy) is 3. The van der Waals surface area contributed by atoms with Gasteiger partial charge in [0.05, 0.1) is 19.9 Å². The first kappa shape index (κ1) is 23.3. The fourth-order valence-corrected chi connectivity index (χ4v) is 2.82. The Labute approximate surface area is 192 Å². The van der Waals surface area contributed by atoms with Crippen LogP contribution in [0.15, 0.2) is 77.9 Å². The maximum atomic E-state index is 12.0. The summed E-state index contributed by atoms with van der Waals surface area (Å²) >= 11 is 0. The van der Waals surface area contributed by atoms with Gasteiger partial charge in [-0.3, -0.25) is 9.59 Å². The van der Waals surface area contributed by atoms with Crippen molar-refractivity contribution in [2.75, 3.05) is 19.0 Å². The minimum Gasteiger partial charge on any atom is -0.494 e. The zero-order valence-corrected chi connectivity index (χ0v) is 18.4. The Kier molecular flexibility index (Phi) is 8.41. The highest BCUT2D eigenvalue weighted by molar-refractivity contribution is 6.39. The van der Waals surface area contributed by atoms with Gasteiger partial charge in [-0.1, -0.05) is 30.3 Å². The van der Waals surface area contributed by atoms with Gasteiger partial charge in [0.1, 0.15) is 12.4 Å². The van der Waals surface area contributed by atoms with E-state index < -0.39 is 11.8 Å². The number of hydrogen-bond acceptors (Lipinski definition) is 6. The van der Waals surface area contributed by atoms with Crippen LogP contribution in [0.4, 0.5) is 5.69 Å². The summed E-state index contributed by atoms with van der Waals surface area (Å²) in [6, 6.07) is 21.7. The fourth-order valence-electron chi connectivity index (χ4n) is 2.82. The van der Waals surface area contributed by atoms with Gasteiger partial charge in [-0.15, -0.1) is 0 Å². The zero-order valence-electron chi connectivity index (χ0n) is 18.4. The van der Waals surface area contributed by atoms with Crippen molar-refractivity contribution in [2.24, 2.45) is 5.10 Å². The number of hydrogen-bond donors (Lipinski definition) is 2. The number of hydrazone groups is 1. The van der Waals surface area contributed by atoms with Crippen LogP contribution in [0, 0.1) is 0 Å². The SMILES string of the molecule is CCOc1ccc(NC(=O)C(=O)N/N=C/c2ccc(OCc3ccccc3)c(OC)c2)cc1. The number of anilines is 1. The second-order valence-electron chi connectivity index (χ2n) is 6.80. The van der Waals surface area contributed by atoms with E-state index in [-0.39, 0.29) is 0 Å². The summed E-state index contributed by atoms with van der Waals surface area (Å²) in [6.07, 6.45) is 1.41. The van der Waals surface area contributed by atoms with Crippen molar-refractivity contribution in [3.63, 3.8) is 0 Å². The van der Waals surface area contributed by atoms with Crippen LogP contribution in [0.3, 0.4) is 0 Å². The highest BCUT2D eigenvalue weighted by Gasteiger charge is 2.13. The third kappa shape index (κ3) is 7.10. The van der Waals surface area contributed by atoms with Crippen LogP contribution >= 0.6 is 0 Å². The van der Waals surface area contributed by atoms with E-state index in [2.05, 4.69) is 15.8 Å². The van der Waals surface area contributed by atoms with E-state index in [1.54, 1.807) is 49.6 Å². The molecule has 0 fully saturated rings. The summed E-state index contributed by atoms with van der Waals surface area (Å²) < 4.78 is 16.5. The molecule has 0 heterocycles. The molecule has 0 aromatic heterocycles. The van der Waals surface area contributed by atoms with Gasteiger partial charge in [0.2, 0.25) is 0 Å². The molecule has 170 valence electrons. The molecule has 0 atom stereocenters. The smallest absolute Gasteiger partial charge is 0.329 e. The average Bonchev–Trinajstić information content (AvgIpc) is 2.85. The normalized spacial score (nSPS) is 10.5. The van der Waals surface area contributed by atoms with E-state index in [0.717, 1.165) is 5.56 Å². The minimum absolute atomic E-state index is 0.407. The monoisotopic (exact) mass is 447 g/mol.